The molecule has 3 N–H and O–H groups in total. The summed E-state index contributed by atoms with van der Waals surface area (Å²) in [4.78, 5) is 16.9. The number of hydrogen-bond donors (Lipinski definition) is 3. The first-order valence-electron chi connectivity index (χ1n) is 9.19. The number of nitrogens with one attached hydrogen (secondary N) is 2. The summed E-state index contributed by atoms with van der Waals surface area (Å²) in [5.41, 5.74) is 1.14. The van der Waals surface area contributed by atoms with Crippen molar-refractivity contribution in [3.05, 3.63) is 35.9 Å². The Morgan fingerprint density at radius 3 is 2.52 bits per heavy atom. The van der Waals surface area contributed by atoms with Gasteiger partial charge in [0.05, 0.1) is 0 Å². The number of carbonyl (C=O) groups is 1. The van der Waals surface area contributed by atoms with Gasteiger partial charge < -0.3 is 20.6 Å². The highest BCUT2D eigenvalue weighted by Gasteiger charge is 2.18. The highest BCUT2D eigenvalue weighted by molar-refractivity contribution is 5.74. The van der Waals surface area contributed by atoms with Crippen LogP contribution >= 0.6 is 0 Å². The molecule has 0 aromatic heterocycles. The van der Waals surface area contributed by atoms with E-state index in [4.69, 9.17) is 0 Å². The summed E-state index contributed by atoms with van der Waals surface area (Å²) in [5, 5.41) is 15.2. The molecule has 6 nitrogen and oxygen atoms in total. The molecule has 1 heterocycles. The quantitative estimate of drug-likeness (QED) is 0.658. The largest absolute Gasteiger partial charge is 0.396 e. The number of carbonyl (C=O) groups excluding carboxylic acids is 1. The predicted molar refractivity (Wildman–Crippen MR) is 101 cm³/mol. The van der Waals surface area contributed by atoms with Gasteiger partial charge in [0.1, 0.15) is 0 Å². The number of aliphatic hydroxyl groups is 1. The summed E-state index contributed by atoms with van der Waals surface area (Å²) < 4.78 is 0. The van der Waals surface area contributed by atoms with Gasteiger partial charge in [0.25, 0.3) is 0 Å². The number of rotatable bonds is 8. The van der Waals surface area contributed by atoms with E-state index in [0.717, 1.165) is 38.3 Å². The van der Waals surface area contributed by atoms with Gasteiger partial charge in [0, 0.05) is 57.8 Å². The van der Waals surface area contributed by atoms with Gasteiger partial charge in [-0.1, -0.05) is 30.3 Å². The minimum atomic E-state index is -0.138. The molecule has 1 saturated heterocycles. The van der Waals surface area contributed by atoms with Crippen molar-refractivity contribution in [2.75, 3.05) is 52.9 Å². The monoisotopic (exact) mass is 348 g/mol. The first-order valence-corrected chi connectivity index (χ1v) is 9.19. The number of piperazine rings is 1. The average Bonchev–Trinajstić information content (AvgIpc) is 2.61. The smallest absolute Gasteiger partial charge is 0.315 e. The summed E-state index contributed by atoms with van der Waals surface area (Å²) in [7, 11) is 2.14. The van der Waals surface area contributed by atoms with Crippen molar-refractivity contribution >= 4 is 6.03 Å². The van der Waals surface area contributed by atoms with Gasteiger partial charge in [-0.05, 0) is 26.0 Å². The van der Waals surface area contributed by atoms with Gasteiger partial charge in [-0.3, -0.25) is 4.90 Å². The highest BCUT2D eigenvalue weighted by Crippen LogP contribution is 2.18. The van der Waals surface area contributed by atoms with E-state index in [1.165, 1.54) is 0 Å². The van der Waals surface area contributed by atoms with Gasteiger partial charge in [-0.25, -0.2) is 4.79 Å². The SMILES string of the molecule is CC(CN1CCN(C)CC1)NC(=O)NCC(CCO)c1ccccc1. The maximum Gasteiger partial charge on any atom is 0.315 e. The second-order valence-corrected chi connectivity index (χ2v) is 6.98. The van der Waals surface area contributed by atoms with Crippen LogP contribution < -0.4 is 10.6 Å². The molecule has 2 atom stereocenters. The molecule has 6 heteroatoms. The van der Waals surface area contributed by atoms with Gasteiger partial charge in [-0.2, -0.15) is 0 Å². The normalized spacial score (nSPS) is 18.5. The fraction of sp³-hybridized carbons (Fsp3) is 0.632. The first-order chi connectivity index (χ1) is 12.1. The number of aliphatic hydroxyl groups excluding tert-OH is 1. The number of urea groups is 1. The maximum atomic E-state index is 12.2. The fourth-order valence-corrected chi connectivity index (χ4v) is 3.22. The number of nitrogens with zero attached hydrogens (tertiary/aromatic N) is 2. The predicted octanol–water partition coefficient (Wildman–Crippen LogP) is 1.09. The summed E-state index contributed by atoms with van der Waals surface area (Å²) >= 11 is 0. The van der Waals surface area contributed by atoms with Crippen LogP contribution in [0.2, 0.25) is 0 Å². The number of benzene rings is 1. The Morgan fingerprint density at radius 1 is 1.20 bits per heavy atom. The van der Waals surface area contributed by atoms with Crippen LogP contribution in [0.4, 0.5) is 4.79 Å². The van der Waals surface area contributed by atoms with Crippen molar-refractivity contribution < 1.29 is 9.90 Å². The zero-order valence-corrected chi connectivity index (χ0v) is 15.4. The summed E-state index contributed by atoms with van der Waals surface area (Å²) in [6.07, 6.45) is 0.640. The molecule has 1 aromatic carbocycles. The van der Waals surface area contributed by atoms with Crippen LogP contribution in [0.5, 0.6) is 0 Å². The lowest BCUT2D eigenvalue weighted by Crippen LogP contribution is -2.51. The molecule has 1 aliphatic rings. The number of amides is 2. The fourth-order valence-electron chi connectivity index (χ4n) is 3.22. The Labute approximate surface area is 151 Å². The van der Waals surface area contributed by atoms with Crippen molar-refractivity contribution in [3.63, 3.8) is 0 Å². The average molecular weight is 348 g/mol. The number of likely N-dealkylation sites (N-methyl/N-ethyl adjacent to an activating group) is 1. The summed E-state index contributed by atoms with van der Waals surface area (Å²) in [6, 6.07) is 9.98. The topological polar surface area (TPSA) is 67.8 Å². The lowest BCUT2D eigenvalue weighted by atomic mass is 9.96. The zero-order chi connectivity index (χ0) is 18.1. The first kappa shape index (κ1) is 19.7. The van der Waals surface area contributed by atoms with E-state index in [-0.39, 0.29) is 24.6 Å². The van der Waals surface area contributed by atoms with E-state index in [1.54, 1.807) is 0 Å². The van der Waals surface area contributed by atoms with Gasteiger partial charge in [0.15, 0.2) is 0 Å². The maximum absolute atomic E-state index is 12.2. The molecule has 0 aliphatic carbocycles. The van der Waals surface area contributed by atoms with Gasteiger partial charge in [0.2, 0.25) is 0 Å². The molecule has 0 saturated carbocycles. The second-order valence-electron chi connectivity index (χ2n) is 6.98. The minimum Gasteiger partial charge on any atom is -0.396 e. The van der Waals surface area contributed by atoms with Gasteiger partial charge in [-0.15, -0.1) is 0 Å². The molecule has 0 bridgehead atoms. The third-order valence-corrected chi connectivity index (χ3v) is 4.76. The summed E-state index contributed by atoms with van der Waals surface area (Å²) in [5.74, 6) is 0.130. The van der Waals surface area contributed by atoms with E-state index < -0.39 is 0 Å². The van der Waals surface area contributed by atoms with Crippen LogP contribution in [0.15, 0.2) is 30.3 Å². The Bertz CT molecular complexity index is 503. The second kappa shape index (κ2) is 10.4. The molecule has 0 radical (unpaired) electrons. The third-order valence-electron chi connectivity index (χ3n) is 4.76. The molecule has 0 spiro atoms. The van der Waals surface area contributed by atoms with Crippen LogP contribution in [-0.4, -0.2) is 79.9 Å². The molecule has 1 fully saturated rings. The van der Waals surface area contributed by atoms with Crippen LogP contribution in [0.3, 0.4) is 0 Å². The van der Waals surface area contributed by atoms with Crippen LogP contribution in [0.1, 0.15) is 24.8 Å². The van der Waals surface area contributed by atoms with Crippen molar-refractivity contribution in [2.45, 2.75) is 25.3 Å². The molecule has 2 amide bonds. The lowest BCUT2D eigenvalue weighted by molar-refractivity contribution is 0.144. The molecule has 1 aliphatic heterocycles. The molecule has 1 aromatic rings. The van der Waals surface area contributed by atoms with Crippen molar-refractivity contribution in [1.29, 1.82) is 0 Å². The minimum absolute atomic E-state index is 0.108. The van der Waals surface area contributed by atoms with Crippen molar-refractivity contribution in [3.8, 4) is 0 Å². The van der Waals surface area contributed by atoms with Crippen molar-refractivity contribution in [1.82, 2.24) is 20.4 Å². The Morgan fingerprint density at radius 2 is 1.88 bits per heavy atom. The van der Waals surface area contributed by atoms with E-state index in [1.807, 2.05) is 37.3 Å². The summed E-state index contributed by atoms with van der Waals surface area (Å²) in [6.45, 7) is 7.83. The van der Waals surface area contributed by atoms with Crippen molar-refractivity contribution in [2.24, 2.45) is 0 Å². The molecular weight excluding hydrogens is 316 g/mol. The standard InChI is InChI=1S/C19H32N4O2/c1-16(15-23-11-9-22(2)10-12-23)21-19(25)20-14-18(8-13-24)17-6-4-3-5-7-17/h3-7,16,18,24H,8-15H2,1-2H3,(H2,20,21,25). The van der Waals surface area contributed by atoms with E-state index in [9.17, 15) is 9.90 Å². The van der Waals surface area contributed by atoms with E-state index >= 15 is 0 Å². The van der Waals surface area contributed by atoms with Gasteiger partial charge >= 0.3 is 6.03 Å². The molecule has 25 heavy (non-hydrogen) atoms. The van der Waals surface area contributed by atoms with Crippen LogP contribution in [-0.2, 0) is 0 Å². The Kier molecular flexibility index (Phi) is 8.18. The third kappa shape index (κ3) is 7.02. The molecule has 140 valence electrons. The Balaban J connectivity index is 1.73. The van der Waals surface area contributed by atoms with E-state index in [2.05, 4.69) is 27.5 Å². The van der Waals surface area contributed by atoms with E-state index in [0.29, 0.717) is 13.0 Å². The van der Waals surface area contributed by atoms with Crippen LogP contribution in [0, 0.1) is 0 Å². The molecule has 2 unspecified atom stereocenters. The molecular formula is C19H32N4O2. The number of hydrogen-bond acceptors (Lipinski definition) is 4. The van der Waals surface area contributed by atoms with Crippen LogP contribution in [0.25, 0.3) is 0 Å². The lowest BCUT2D eigenvalue weighted by Gasteiger charge is -2.34. The highest BCUT2D eigenvalue weighted by atomic mass is 16.3. The molecule has 2 rings (SSSR count). The zero-order valence-electron chi connectivity index (χ0n) is 15.4. The Hall–Kier alpha value is -1.63.